The summed E-state index contributed by atoms with van der Waals surface area (Å²) in [5.74, 6) is -1.79. The minimum absolute atomic E-state index is 0.333. The highest BCUT2D eigenvalue weighted by Crippen LogP contribution is 1.79. The molecule has 1 aromatic rings. The van der Waals surface area contributed by atoms with Gasteiger partial charge in [-0.25, -0.2) is 4.79 Å². The Morgan fingerprint density at radius 3 is 2.65 bits per heavy atom. The van der Waals surface area contributed by atoms with Crippen molar-refractivity contribution in [1.29, 1.82) is 0 Å². The molecule has 0 radical (unpaired) electrons. The van der Waals surface area contributed by atoms with Crippen LogP contribution in [0.2, 0.25) is 0 Å². The summed E-state index contributed by atoms with van der Waals surface area (Å²) in [6.45, 7) is -0.848. The van der Waals surface area contributed by atoms with Crippen LogP contribution in [0, 0.1) is 0 Å². The molecule has 0 aliphatic heterocycles. The molecule has 0 atom stereocenters. The lowest BCUT2D eigenvalue weighted by atomic mass is 10.5. The molecule has 0 fully saturated rings. The van der Waals surface area contributed by atoms with E-state index < -0.39 is 29.7 Å². The molecule has 0 aromatic carbocycles. The number of aliphatic carboxylic acids is 1. The summed E-state index contributed by atoms with van der Waals surface area (Å²) in [4.78, 5) is 44.0. The lowest BCUT2D eigenvalue weighted by Gasteiger charge is -2.06. The van der Waals surface area contributed by atoms with Gasteiger partial charge in [0.25, 0.3) is 5.56 Å². The predicted octanol–water partition coefficient (Wildman–Crippen LogP) is -2.25. The zero-order chi connectivity index (χ0) is 13.0. The van der Waals surface area contributed by atoms with Gasteiger partial charge in [0, 0.05) is 19.3 Å². The first-order valence-corrected chi connectivity index (χ1v) is 4.67. The maximum atomic E-state index is 11.5. The summed E-state index contributed by atoms with van der Waals surface area (Å²) in [6, 6.07) is 1.14. The molecule has 0 saturated heterocycles. The minimum atomic E-state index is -1.17. The zero-order valence-corrected chi connectivity index (χ0v) is 9.04. The fraction of sp³-hybridized carbons (Fsp3) is 0.333. The summed E-state index contributed by atoms with van der Waals surface area (Å²) in [5.41, 5.74) is -1.11. The van der Waals surface area contributed by atoms with Crippen LogP contribution in [-0.4, -0.2) is 32.7 Å². The number of carbonyl (C=O) groups is 2. The van der Waals surface area contributed by atoms with E-state index in [4.69, 9.17) is 5.11 Å². The smallest absolute Gasteiger partial charge is 0.331 e. The number of hydrogen-bond donors (Lipinski definition) is 2. The van der Waals surface area contributed by atoms with Gasteiger partial charge < -0.3 is 10.4 Å². The normalized spacial score (nSPS) is 9.94. The molecule has 8 heteroatoms. The lowest BCUT2D eigenvalue weighted by molar-refractivity contribution is -0.138. The first-order valence-electron chi connectivity index (χ1n) is 4.67. The van der Waals surface area contributed by atoms with Crippen molar-refractivity contribution in [1.82, 2.24) is 14.5 Å². The van der Waals surface area contributed by atoms with Crippen LogP contribution in [0.3, 0.4) is 0 Å². The fourth-order valence-electron chi connectivity index (χ4n) is 1.12. The number of aromatic nitrogens is 2. The van der Waals surface area contributed by atoms with Crippen LogP contribution in [0.15, 0.2) is 21.9 Å². The van der Waals surface area contributed by atoms with Crippen LogP contribution in [0.25, 0.3) is 0 Å². The second kappa shape index (κ2) is 5.10. The highest BCUT2D eigenvalue weighted by molar-refractivity contribution is 5.80. The summed E-state index contributed by atoms with van der Waals surface area (Å²) in [5, 5.41) is 10.4. The van der Waals surface area contributed by atoms with Crippen molar-refractivity contribution in [3.8, 4) is 0 Å². The largest absolute Gasteiger partial charge is 0.480 e. The Hall–Kier alpha value is -2.38. The van der Waals surface area contributed by atoms with Crippen molar-refractivity contribution >= 4 is 11.9 Å². The molecule has 0 spiro atoms. The number of amides is 1. The topological polar surface area (TPSA) is 110 Å². The third kappa shape index (κ3) is 3.30. The van der Waals surface area contributed by atoms with Crippen LogP contribution in [0.4, 0.5) is 0 Å². The van der Waals surface area contributed by atoms with Gasteiger partial charge >= 0.3 is 11.7 Å². The van der Waals surface area contributed by atoms with Crippen LogP contribution >= 0.6 is 0 Å². The maximum absolute atomic E-state index is 11.5. The van der Waals surface area contributed by atoms with Crippen molar-refractivity contribution in [2.24, 2.45) is 7.05 Å². The average molecular weight is 241 g/mol. The zero-order valence-electron chi connectivity index (χ0n) is 9.04. The van der Waals surface area contributed by atoms with Gasteiger partial charge in [-0.3, -0.25) is 23.5 Å². The Bertz CT molecular complexity index is 556. The Labute approximate surface area is 95.1 Å². The average Bonchev–Trinajstić information content (AvgIpc) is 2.27. The Balaban J connectivity index is 2.80. The van der Waals surface area contributed by atoms with Gasteiger partial charge in [0.2, 0.25) is 5.91 Å². The van der Waals surface area contributed by atoms with Gasteiger partial charge in [-0.15, -0.1) is 0 Å². The summed E-state index contributed by atoms with van der Waals surface area (Å²) < 4.78 is 1.86. The van der Waals surface area contributed by atoms with Crippen molar-refractivity contribution in [3.63, 3.8) is 0 Å². The Morgan fingerprint density at radius 1 is 1.41 bits per heavy atom. The molecule has 8 nitrogen and oxygen atoms in total. The van der Waals surface area contributed by atoms with Crippen molar-refractivity contribution in [2.45, 2.75) is 6.54 Å². The minimum Gasteiger partial charge on any atom is -0.480 e. The van der Waals surface area contributed by atoms with Gasteiger partial charge in [-0.2, -0.15) is 0 Å². The number of carboxylic acid groups (broad SMARTS) is 1. The number of carbonyl (C=O) groups excluding carboxylic acids is 1. The number of rotatable bonds is 4. The second-order valence-corrected chi connectivity index (χ2v) is 3.29. The number of carboxylic acids is 1. The van der Waals surface area contributed by atoms with Crippen LogP contribution < -0.4 is 16.6 Å². The van der Waals surface area contributed by atoms with Crippen molar-refractivity contribution < 1.29 is 14.7 Å². The molecule has 0 aliphatic carbocycles. The first kappa shape index (κ1) is 12.7. The van der Waals surface area contributed by atoms with E-state index >= 15 is 0 Å². The van der Waals surface area contributed by atoms with E-state index in [2.05, 4.69) is 5.32 Å². The van der Waals surface area contributed by atoms with Gasteiger partial charge in [0.15, 0.2) is 0 Å². The molecule has 1 aromatic heterocycles. The Morgan fingerprint density at radius 2 is 2.06 bits per heavy atom. The second-order valence-electron chi connectivity index (χ2n) is 3.29. The third-order valence-corrected chi connectivity index (χ3v) is 2.01. The molecule has 2 N–H and O–H groups in total. The van der Waals surface area contributed by atoms with Gasteiger partial charge in [-0.05, 0) is 0 Å². The number of nitrogens with one attached hydrogen (secondary N) is 1. The van der Waals surface area contributed by atoms with Gasteiger partial charge in [-0.1, -0.05) is 0 Å². The summed E-state index contributed by atoms with van der Waals surface area (Å²) in [7, 11) is 1.29. The molecular weight excluding hydrogens is 230 g/mol. The molecular formula is C9H11N3O5. The van der Waals surface area contributed by atoms with E-state index in [-0.39, 0.29) is 6.54 Å². The van der Waals surface area contributed by atoms with Crippen LogP contribution in [0.5, 0.6) is 0 Å². The quantitative estimate of drug-likeness (QED) is 0.618. The molecule has 17 heavy (non-hydrogen) atoms. The van der Waals surface area contributed by atoms with Crippen LogP contribution in [-0.2, 0) is 23.2 Å². The molecule has 1 amide bonds. The van der Waals surface area contributed by atoms with Gasteiger partial charge in [0.1, 0.15) is 13.1 Å². The maximum Gasteiger partial charge on any atom is 0.331 e. The third-order valence-electron chi connectivity index (χ3n) is 2.01. The molecule has 1 heterocycles. The van der Waals surface area contributed by atoms with Crippen LogP contribution in [0.1, 0.15) is 0 Å². The van der Waals surface area contributed by atoms with Crippen molar-refractivity contribution in [3.05, 3.63) is 33.1 Å². The molecule has 1 rings (SSSR count). The van der Waals surface area contributed by atoms with E-state index in [9.17, 15) is 19.2 Å². The molecule has 0 bridgehead atoms. The van der Waals surface area contributed by atoms with E-state index in [1.807, 2.05) is 0 Å². The monoisotopic (exact) mass is 241 g/mol. The van der Waals surface area contributed by atoms with E-state index in [0.29, 0.717) is 0 Å². The highest BCUT2D eigenvalue weighted by Gasteiger charge is 2.07. The SMILES string of the molecule is Cn1c(=O)ccn(CC(=O)NCC(=O)O)c1=O. The van der Waals surface area contributed by atoms with E-state index in [0.717, 1.165) is 15.2 Å². The Kier molecular flexibility index (Phi) is 3.81. The molecule has 0 saturated carbocycles. The standard InChI is InChI=1S/C9H11N3O5/c1-11-7(14)2-3-12(9(11)17)5-6(13)10-4-8(15)16/h2-3H,4-5H2,1H3,(H,10,13)(H,15,16). The molecule has 0 unspecified atom stereocenters. The first-order chi connectivity index (χ1) is 7.91. The lowest BCUT2D eigenvalue weighted by Crippen LogP contribution is -2.41. The van der Waals surface area contributed by atoms with E-state index in [1.165, 1.54) is 13.2 Å². The van der Waals surface area contributed by atoms with Crippen molar-refractivity contribution in [2.75, 3.05) is 6.54 Å². The molecule has 92 valence electrons. The summed E-state index contributed by atoms with van der Waals surface area (Å²) >= 11 is 0. The molecule has 0 aliphatic rings. The number of nitrogens with zero attached hydrogens (tertiary/aromatic N) is 2. The summed E-state index contributed by atoms with van der Waals surface area (Å²) in [6.07, 6.45) is 1.19. The predicted molar refractivity (Wildman–Crippen MR) is 56.6 cm³/mol. The fourth-order valence-corrected chi connectivity index (χ4v) is 1.12. The highest BCUT2D eigenvalue weighted by atomic mass is 16.4. The van der Waals surface area contributed by atoms with Gasteiger partial charge in [0.05, 0.1) is 0 Å². The van der Waals surface area contributed by atoms with E-state index in [1.54, 1.807) is 0 Å². The number of hydrogen-bond acceptors (Lipinski definition) is 4.